The minimum absolute atomic E-state index is 1.03. The average molecular weight is 823 g/mol. The lowest BCUT2D eigenvalue weighted by atomic mass is 9.87. The molecule has 0 fully saturated rings. The first-order valence-electron chi connectivity index (χ1n) is 23.7. The molecule has 0 saturated heterocycles. The van der Waals surface area contributed by atoms with Crippen molar-refractivity contribution < 1.29 is 0 Å². The molecule has 0 atom stereocenters. The van der Waals surface area contributed by atoms with Crippen LogP contribution in [0.5, 0.6) is 0 Å². The van der Waals surface area contributed by atoms with Gasteiger partial charge >= 0.3 is 0 Å². The van der Waals surface area contributed by atoms with Crippen LogP contribution in [-0.2, 0) is 0 Å². The van der Waals surface area contributed by atoms with E-state index in [1.165, 1.54) is 169 Å². The minimum atomic E-state index is -1.74. The fourth-order valence-corrected chi connectivity index (χ4v) is 13.3. The lowest BCUT2D eigenvalue weighted by Gasteiger charge is -2.20. The van der Waals surface area contributed by atoms with Gasteiger partial charge < -0.3 is 0 Å². The highest BCUT2D eigenvalue weighted by molar-refractivity contribution is 6.85. The fourth-order valence-electron chi connectivity index (χ4n) is 9.89. The summed E-state index contributed by atoms with van der Waals surface area (Å²) in [4.78, 5) is 11.1. The maximum atomic E-state index is 5.56. The van der Waals surface area contributed by atoms with Crippen LogP contribution in [-0.4, -0.2) is 26.1 Å². The number of hydrogen-bond donors (Lipinski definition) is 0. The number of nitrogens with zero attached hydrogens (tertiary/aromatic N) is 2. The molecule has 0 saturated carbocycles. The summed E-state index contributed by atoms with van der Waals surface area (Å²) in [6.07, 6.45) is 21.7. The third-order valence-corrected chi connectivity index (χ3v) is 18.2. The van der Waals surface area contributed by atoms with Crippen LogP contribution in [0.1, 0.15) is 128 Å². The summed E-state index contributed by atoms with van der Waals surface area (Å²) in [6, 6.07) is 29.2. The van der Waals surface area contributed by atoms with E-state index >= 15 is 0 Å². The van der Waals surface area contributed by atoms with E-state index in [0.717, 1.165) is 33.2 Å². The van der Waals surface area contributed by atoms with Crippen LogP contribution < -0.4 is 0 Å². The molecular formula is C56H66N2Si2. The number of fused-ring (bicyclic) bond motifs is 4. The van der Waals surface area contributed by atoms with E-state index in [1.54, 1.807) is 0 Å². The first kappa shape index (κ1) is 42.2. The predicted octanol–water partition coefficient (Wildman–Crippen LogP) is 16.9. The maximum Gasteiger partial charge on any atom is 0.132 e. The van der Waals surface area contributed by atoms with Gasteiger partial charge in [-0.3, -0.25) is 0 Å². The summed E-state index contributed by atoms with van der Waals surface area (Å²) in [7, 11) is -3.49. The topological polar surface area (TPSA) is 25.8 Å². The van der Waals surface area contributed by atoms with Crippen LogP contribution in [0.4, 0.5) is 0 Å². The third-order valence-electron chi connectivity index (χ3n) is 13.4. The molecule has 4 heteroatoms. The molecule has 0 aliphatic rings. The van der Waals surface area contributed by atoms with Gasteiger partial charge in [-0.15, -0.1) is 11.1 Å². The first-order chi connectivity index (χ1) is 29.2. The fraction of sp³-hybridized carbons (Fsp3) is 0.429. The molecule has 2 heterocycles. The van der Waals surface area contributed by atoms with Gasteiger partial charge in [-0.1, -0.05) is 215 Å². The second-order valence-electron chi connectivity index (χ2n) is 19.2. The van der Waals surface area contributed by atoms with E-state index in [1.807, 2.05) is 0 Å². The molecule has 6 aromatic carbocycles. The average Bonchev–Trinajstić information content (AvgIpc) is 3.25. The van der Waals surface area contributed by atoms with E-state index in [-0.39, 0.29) is 0 Å². The van der Waals surface area contributed by atoms with Crippen molar-refractivity contribution in [3.63, 3.8) is 0 Å². The van der Waals surface area contributed by atoms with Gasteiger partial charge in [0.25, 0.3) is 0 Å². The molecule has 60 heavy (non-hydrogen) atoms. The standard InChI is InChI=1S/C56H66N2Si2/c1-7-9-11-13-15-17-19-25-37-59(3,4)39-35-43-41-27-21-23-29-47(41)55-51-45(43)31-33-49-53(51)54-50(57-55)34-32-46-44(42-28-22-24-30-48(42)56(58-49)52(46)54)36-40-60(5,6)38-26-20-18-16-14-12-10-8-2/h21-24,27-34H,7-20,25-26,37-38H2,1-6H3. The summed E-state index contributed by atoms with van der Waals surface area (Å²) >= 11 is 0. The molecule has 0 unspecified atom stereocenters. The molecule has 308 valence electrons. The summed E-state index contributed by atoms with van der Waals surface area (Å²) < 4.78 is 0. The predicted molar refractivity (Wildman–Crippen MR) is 270 cm³/mol. The zero-order valence-electron chi connectivity index (χ0n) is 37.6. The second kappa shape index (κ2) is 18.6. The summed E-state index contributed by atoms with van der Waals surface area (Å²) in [5.41, 5.74) is 14.3. The van der Waals surface area contributed by atoms with Crippen molar-refractivity contribution in [2.24, 2.45) is 0 Å². The maximum absolute atomic E-state index is 5.56. The Bertz CT molecular complexity index is 2680. The Morgan fingerprint density at radius 2 is 0.733 bits per heavy atom. The van der Waals surface area contributed by atoms with Gasteiger partial charge in [0, 0.05) is 65.0 Å². The SMILES string of the molecule is CCCCCCCCCC[Si](C)(C)C#Cc1c2ccccc2c2nc3ccc4c(C#C[Si](C)(C)CCCCCCCCCC)c5ccccc5c5nc6ccc1c2c6c3c45. The number of pyridine rings is 2. The Hall–Kier alpha value is -4.49. The summed E-state index contributed by atoms with van der Waals surface area (Å²) in [6.45, 7) is 14.5. The van der Waals surface area contributed by atoms with Crippen LogP contribution in [0.3, 0.4) is 0 Å². The van der Waals surface area contributed by atoms with E-state index in [9.17, 15) is 0 Å². The number of unbranched alkanes of at least 4 members (excludes halogenated alkanes) is 14. The van der Waals surface area contributed by atoms with Gasteiger partial charge in [-0.2, -0.15) is 0 Å². The molecule has 2 nitrogen and oxygen atoms in total. The lowest BCUT2D eigenvalue weighted by molar-refractivity contribution is 0.584. The summed E-state index contributed by atoms with van der Waals surface area (Å²) in [5.74, 6) is 7.73. The van der Waals surface area contributed by atoms with E-state index < -0.39 is 16.1 Å². The van der Waals surface area contributed by atoms with Crippen molar-refractivity contribution in [1.82, 2.24) is 9.97 Å². The molecule has 0 amide bonds. The molecule has 0 aliphatic carbocycles. The molecule has 2 aromatic heterocycles. The Balaban J connectivity index is 1.20. The zero-order valence-corrected chi connectivity index (χ0v) is 39.6. The van der Waals surface area contributed by atoms with Crippen molar-refractivity contribution in [3.8, 4) is 22.9 Å². The highest BCUT2D eigenvalue weighted by Crippen LogP contribution is 2.46. The van der Waals surface area contributed by atoms with Crippen molar-refractivity contribution in [2.75, 3.05) is 0 Å². The number of benzene rings is 6. The van der Waals surface area contributed by atoms with Crippen molar-refractivity contribution in [3.05, 3.63) is 83.9 Å². The van der Waals surface area contributed by atoms with Crippen LogP contribution >= 0.6 is 0 Å². The van der Waals surface area contributed by atoms with Gasteiger partial charge in [0.2, 0.25) is 0 Å². The molecule has 0 spiro atoms. The highest BCUT2D eigenvalue weighted by atomic mass is 28.3. The smallest absolute Gasteiger partial charge is 0.132 e. The van der Waals surface area contributed by atoms with Gasteiger partial charge in [-0.25, -0.2) is 9.97 Å². The molecule has 0 aliphatic heterocycles. The number of rotatable bonds is 18. The Labute approximate surface area is 362 Å². The zero-order chi connectivity index (χ0) is 41.7. The quantitative estimate of drug-likeness (QED) is 0.0283. The van der Waals surface area contributed by atoms with Crippen molar-refractivity contribution >= 4 is 92.1 Å². The Morgan fingerprint density at radius 3 is 1.12 bits per heavy atom. The largest absolute Gasteiger partial charge is 0.247 e. The van der Waals surface area contributed by atoms with Gasteiger partial charge in [-0.05, 0) is 24.2 Å². The first-order valence-corrected chi connectivity index (χ1v) is 30.2. The van der Waals surface area contributed by atoms with Gasteiger partial charge in [0.1, 0.15) is 16.1 Å². The molecule has 8 rings (SSSR count). The monoisotopic (exact) mass is 822 g/mol. The third kappa shape index (κ3) is 8.80. The molecule has 0 bridgehead atoms. The summed E-state index contributed by atoms with van der Waals surface area (Å²) in [5, 5.41) is 12.0. The van der Waals surface area contributed by atoms with Crippen molar-refractivity contribution in [2.45, 2.75) is 155 Å². The van der Waals surface area contributed by atoms with Crippen LogP contribution in [0.15, 0.2) is 72.8 Å². The molecule has 8 aromatic rings. The van der Waals surface area contributed by atoms with E-state index in [2.05, 4.69) is 136 Å². The number of hydrogen-bond acceptors (Lipinski definition) is 2. The normalized spacial score (nSPS) is 12.4. The highest BCUT2D eigenvalue weighted by Gasteiger charge is 2.25. The van der Waals surface area contributed by atoms with E-state index in [4.69, 9.17) is 9.97 Å². The lowest BCUT2D eigenvalue weighted by Crippen LogP contribution is -2.22. The molecule has 0 N–H and O–H groups in total. The Kier molecular flexibility index (Phi) is 13.1. The number of aromatic nitrogens is 2. The molecular weight excluding hydrogens is 757 g/mol. The van der Waals surface area contributed by atoms with Crippen LogP contribution in [0.2, 0.25) is 38.3 Å². The van der Waals surface area contributed by atoms with Gasteiger partial charge in [0.05, 0.1) is 22.1 Å². The Morgan fingerprint density at radius 1 is 0.383 bits per heavy atom. The van der Waals surface area contributed by atoms with Gasteiger partial charge in [0.15, 0.2) is 0 Å². The minimum Gasteiger partial charge on any atom is -0.247 e. The van der Waals surface area contributed by atoms with Crippen LogP contribution in [0, 0.1) is 22.9 Å². The second-order valence-corrected chi connectivity index (χ2v) is 28.3. The molecule has 0 radical (unpaired) electrons. The van der Waals surface area contributed by atoms with E-state index in [0.29, 0.717) is 0 Å². The van der Waals surface area contributed by atoms with Crippen LogP contribution in [0.25, 0.3) is 75.9 Å². The van der Waals surface area contributed by atoms with Crippen molar-refractivity contribution in [1.29, 1.82) is 0 Å².